The van der Waals surface area contributed by atoms with E-state index in [2.05, 4.69) is 43.3 Å². The minimum atomic E-state index is -0.394. The van der Waals surface area contributed by atoms with E-state index in [1.54, 1.807) is 0 Å². The van der Waals surface area contributed by atoms with Gasteiger partial charge in [-0.25, -0.2) is 4.79 Å². The van der Waals surface area contributed by atoms with Crippen molar-refractivity contribution in [3.63, 3.8) is 0 Å². The van der Waals surface area contributed by atoms with E-state index in [0.717, 1.165) is 63.4 Å². The zero-order valence-corrected chi connectivity index (χ0v) is 16.4. The molecule has 7 nitrogen and oxygen atoms in total. The Kier molecular flexibility index (Phi) is 4.81. The molecule has 0 saturated carbocycles. The smallest absolute Gasteiger partial charge is 0.406 e. The van der Waals surface area contributed by atoms with E-state index in [9.17, 15) is 4.79 Å². The molecule has 1 aromatic heterocycles. The molecule has 0 radical (unpaired) electrons. The molecule has 0 unspecified atom stereocenters. The fourth-order valence-corrected chi connectivity index (χ4v) is 4.18. The number of rotatable bonds is 6. The standard InChI is InChI=1S/C22H25N5O2/c28-22-25-19-3-1-4-20(21(19)29-22)27-11-9-26(10-12-27)8-2-7-24-18-6-5-16-14-23-15-17(16)13-18/h1,3-6,13-14,24H,2,7-12,15H2,(H,25,28). The van der Waals surface area contributed by atoms with Crippen LogP contribution < -0.4 is 16.0 Å². The van der Waals surface area contributed by atoms with Gasteiger partial charge in [-0.05, 0) is 48.4 Å². The largest absolute Gasteiger partial charge is 0.417 e. The van der Waals surface area contributed by atoms with Crippen molar-refractivity contribution in [2.24, 2.45) is 4.99 Å². The Balaban J connectivity index is 1.09. The number of anilines is 2. The van der Waals surface area contributed by atoms with Gasteiger partial charge in [0.15, 0.2) is 5.58 Å². The Morgan fingerprint density at radius 2 is 2.03 bits per heavy atom. The van der Waals surface area contributed by atoms with Gasteiger partial charge in [-0.3, -0.25) is 14.9 Å². The van der Waals surface area contributed by atoms with Crippen molar-refractivity contribution < 1.29 is 4.42 Å². The van der Waals surface area contributed by atoms with E-state index in [4.69, 9.17) is 4.42 Å². The van der Waals surface area contributed by atoms with Crippen LogP contribution >= 0.6 is 0 Å². The molecule has 0 amide bonds. The highest BCUT2D eigenvalue weighted by Crippen LogP contribution is 2.26. The molecule has 2 aliphatic rings. The van der Waals surface area contributed by atoms with Gasteiger partial charge in [0.1, 0.15) is 0 Å². The Morgan fingerprint density at radius 3 is 2.93 bits per heavy atom. The molecular formula is C22H25N5O2. The highest BCUT2D eigenvalue weighted by molar-refractivity contribution is 5.86. The number of para-hydroxylation sites is 1. The van der Waals surface area contributed by atoms with E-state index >= 15 is 0 Å². The number of piperazine rings is 1. The van der Waals surface area contributed by atoms with Crippen LogP contribution in [-0.4, -0.2) is 55.4 Å². The third kappa shape index (κ3) is 3.78. The van der Waals surface area contributed by atoms with Crippen molar-refractivity contribution in [2.45, 2.75) is 13.0 Å². The van der Waals surface area contributed by atoms with Crippen molar-refractivity contribution in [2.75, 3.05) is 49.5 Å². The predicted molar refractivity (Wildman–Crippen MR) is 116 cm³/mol. The molecule has 0 bridgehead atoms. The lowest BCUT2D eigenvalue weighted by molar-refractivity contribution is 0.257. The third-order valence-electron chi connectivity index (χ3n) is 5.75. The number of aromatic nitrogens is 1. The monoisotopic (exact) mass is 391 g/mol. The average Bonchev–Trinajstić information content (AvgIpc) is 3.36. The second kappa shape index (κ2) is 7.75. The van der Waals surface area contributed by atoms with Gasteiger partial charge in [0.25, 0.3) is 0 Å². The topological polar surface area (TPSA) is 76.9 Å². The summed E-state index contributed by atoms with van der Waals surface area (Å²) in [5.74, 6) is -0.394. The lowest BCUT2D eigenvalue weighted by Crippen LogP contribution is -2.46. The van der Waals surface area contributed by atoms with Crippen molar-refractivity contribution in [1.82, 2.24) is 9.88 Å². The molecule has 3 heterocycles. The van der Waals surface area contributed by atoms with Crippen molar-refractivity contribution in [3.8, 4) is 0 Å². The molecular weight excluding hydrogens is 366 g/mol. The summed E-state index contributed by atoms with van der Waals surface area (Å²) in [7, 11) is 0. The molecule has 2 aromatic carbocycles. The van der Waals surface area contributed by atoms with Crippen LogP contribution in [0, 0.1) is 0 Å². The maximum atomic E-state index is 11.5. The first kappa shape index (κ1) is 18.0. The second-order valence-electron chi connectivity index (χ2n) is 7.66. The van der Waals surface area contributed by atoms with E-state index < -0.39 is 5.76 Å². The minimum absolute atomic E-state index is 0.394. The molecule has 150 valence electrons. The van der Waals surface area contributed by atoms with Crippen LogP contribution in [0.2, 0.25) is 0 Å². The van der Waals surface area contributed by atoms with Crippen molar-refractivity contribution in [1.29, 1.82) is 0 Å². The second-order valence-corrected chi connectivity index (χ2v) is 7.66. The average molecular weight is 391 g/mol. The molecule has 5 rings (SSSR count). The molecule has 3 aromatic rings. The van der Waals surface area contributed by atoms with Gasteiger partial charge in [-0.1, -0.05) is 12.1 Å². The summed E-state index contributed by atoms with van der Waals surface area (Å²) in [4.78, 5) is 23.4. The summed E-state index contributed by atoms with van der Waals surface area (Å²) in [5.41, 5.74) is 6.15. The van der Waals surface area contributed by atoms with Crippen LogP contribution in [0.1, 0.15) is 17.5 Å². The highest BCUT2D eigenvalue weighted by Gasteiger charge is 2.20. The van der Waals surface area contributed by atoms with Gasteiger partial charge in [0.05, 0.1) is 17.7 Å². The van der Waals surface area contributed by atoms with Gasteiger partial charge in [-0.2, -0.15) is 0 Å². The van der Waals surface area contributed by atoms with Gasteiger partial charge < -0.3 is 14.6 Å². The molecule has 0 aliphatic carbocycles. The summed E-state index contributed by atoms with van der Waals surface area (Å²) in [6.45, 7) is 6.75. The first-order valence-corrected chi connectivity index (χ1v) is 10.2. The normalized spacial score (nSPS) is 16.5. The molecule has 29 heavy (non-hydrogen) atoms. The number of hydrogen-bond donors (Lipinski definition) is 2. The number of H-pyrrole nitrogens is 1. The number of benzene rings is 2. The Hall–Kier alpha value is -3.06. The van der Waals surface area contributed by atoms with E-state index in [1.165, 1.54) is 16.8 Å². The first-order valence-electron chi connectivity index (χ1n) is 10.2. The van der Waals surface area contributed by atoms with Gasteiger partial charge in [0.2, 0.25) is 0 Å². The summed E-state index contributed by atoms with van der Waals surface area (Å²) in [6.07, 6.45) is 3.05. The van der Waals surface area contributed by atoms with E-state index in [0.29, 0.717) is 5.58 Å². The molecule has 2 N–H and O–H groups in total. The molecule has 1 saturated heterocycles. The fourth-order valence-electron chi connectivity index (χ4n) is 4.18. The Morgan fingerprint density at radius 1 is 1.14 bits per heavy atom. The molecule has 2 aliphatic heterocycles. The first-order chi connectivity index (χ1) is 14.3. The maximum Gasteiger partial charge on any atom is 0.417 e. The summed E-state index contributed by atoms with van der Waals surface area (Å²) in [6, 6.07) is 12.4. The lowest BCUT2D eigenvalue weighted by Gasteiger charge is -2.36. The zero-order chi connectivity index (χ0) is 19.6. The van der Waals surface area contributed by atoms with Crippen LogP contribution in [0.4, 0.5) is 11.4 Å². The highest BCUT2D eigenvalue weighted by atomic mass is 16.4. The third-order valence-corrected chi connectivity index (χ3v) is 5.75. The molecule has 0 spiro atoms. The fraction of sp³-hybridized carbons (Fsp3) is 0.364. The zero-order valence-electron chi connectivity index (χ0n) is 16.4. The SMILES string of the molecule is O=c1[nH]c2cccc(N3CCN(CCCNc4ccc5c(c4)CN=C5)CC3)c2o1. The number of fused-ring (bicyclic) bond motifs is 2. The summed E-state index contributed by atoms with van der Waals surface area (Å²) < 4.78 is 5.35. The lowest BCUT2D eigenvalue weighted by atomic mass is 10.1. The Labute approximate surface area is 169 Å². The number of oxazole rings is 1. The van der Waals surface area contributed by atoms with Crippen molar-refractivity contribution in [3.05, 3.63) is 58.1 Å². The number of nitrogens with one attached hydrogen (secondary N) is 2. The van der Waals surface area contributed by atoms with E-state index in [-0.39, 0.29) is 0 Å². The number of aliphatic imine (C=N–C) groups is 1. The van der Waals surface area contributed by atoms with Crippen LogP contribution in [0.5, 0.6) is 0 Å². The number of aromatic amines is 1. The predicted octanol–water partition coefficient (Wildman–Crippen LogP) is 2.68. The molecule has 0 atom stereocenters. The maximum absolute atomic E-state index is 11.5. The summed E-state index contributed by atoms with van der Waals surface area (Å²) in [5, 5.41) is 3.53. The summed E-state index contributed by atoms with van der Waals surface area (Å²) >= 11 is 0. The molecule has 1 fully saturated rings. The van der Waals surface area contributed by atoms with Gasteiger partial charge >= 0.3 is 5.76 Å². The van der Waals surface area contributed by atoms with E-state index in [1.807, 2.05) is 24.4 Å². The van der Waals surface area contributed by atoms with Crippen molar-refractivity contribution >= 4 is 28.7 Å². The number of nitrogens with zero attached hydrogens (tertiary/aromatic N) is 3. The Bertz CT molecular complexity index is 1090. The van der Waals surface area contributed by atoms with Crippen LogP contribution in [0.3, 0.4) is 0 Å². The number of hydrogen-bond acceptors (Lipinski definition) is 6. The van der Waals surface area contributed by atoms with Crippen LogP contribution in [-0.2, 0) is 6.54 Å². The van der Waals surface area contributed by atoms with Gasteiger partial charge in [-0.15, -0.1) is 0 Å². The van der Waals surface area contributed by atoms with Crippen LogP contribution in [0.15, 0.2) is 50.6 Å². The van der Waals surface area contributed by atoms with Gasteiger partial charge in [0, 0.05) is 44.6 Å². The molecule has 7 heteroatoms. The quantitative estimate of drug-likeness (QED) is 0.632. The minimum Gasteiger partial charge on any atom is -0.406 e. The van der Waals surface area contributed by atoms with Crippen LogP contribution in [0.25, 0.3) is 11.1 Å².